The second-order valence-electron chi connectivity index (χ2n) is 3.76. The summed E-state index contributed by atoms with van der Waals surface area (Å²) in [5, 5.41) is 28.2. The molecule has 0 unspecified atom stereocenters. The molecule has 0 bridgehead atoms. The highest BCUT2D eigenvalue weighted by molar-refractivity contribution is 6.38. The molecule has 0 spiro atoms. The lowest BCUT2D eigenvalue weighted by Crippen LogP contribution is -2.10. The molecule has 2 rings (SSSR count). The van der Waals surface area contributed by atoms with Crippen molar-refractivity contribution in [3.05, 3.63) is 43.2 Å². The van der Waals surface area contributed by atoms with Gasteiger partial charge in [0.05, 0.1) is 17.4 Å². The van der Waals surface area contributed by atoms with Gasteiger partial charge in [-0.05, 0) is 6.07 Å². The summed E-state index contributed by atoms with van der Waals surface area (Å²) >= 11 is 17.1. The lowest BCUT2D eigenvalue weighted by Gasteiger charge is -2.06. The van der Waals surface area contributed by atoms with E-state index in [9.17, 15) is 15.0 Å². The van der Waals surface area contributed by atoms with Crippen LogP contribution in [0.25, 0.3) is 0 Å². The van der Waals surface area contributed by atoms with Crippen LogP contribution in [0.5, 0.6) is 11.5 Å². The predicted molar refractivity (Wildman–Crippen MR) is 80.9 cm³/mol. The number of phenols is 2. The smallest absolute Gasteiger partial charge is 0.285 e. The minimum Gasteiger partial charge on any atom is -0.506 e. The van der Waals surface area contributed by atoms with Crippen LogP contribution in [0, 0.1) is 0 Å². The summed E-state index contributed by atoms with van der Waals surface area (Å²) < 4.78 is 0. The second-order valence-corrected chi connectivity index (χ2v) is 4.92. The Morgan fingerprint density at radius 3 is 2.67 bits per heavy atom. The average molecular weight is 350 g/mol. The molecule has 10 heteroatoms. The largest absolute Gasteiger partial charge is 0.506 e. The molecular formula is C11H7Cl3N4O3. The van der Waals surface area contributed by atoms with Crippen LogP contribution in [0.15, 0.2) is 22.2 Å². The van der Waals surface area contributed by atoms with Crippen molar-refractivity contribution in [3.63, 3.8) is 0 Å². The second kappa shape index (κ2) is 6.21. The Kier molecular flexibility index (Phi) is 4.56. The van der Waals surface area contributed by atoms with Gasteiger partial charge in [-0.2, -0.15) is 10.2 Å². The molecule has 4 N–H and O–H groups in total. The predicted octanol–water partition coefficient (Wildman–Crippen LogP) is 2.59. The number of anilines is 1. The van der Waals surface area contributed by atoms with Gasteiger partial charge in [0.15, 0.2) is 5.75 Å². The minimum absolute atomic E-state index is 0.0462. The van der Waals surface area contributed by atoms with E-state index in [2.05, 4.69) is 20.7 Å². The molecule has 0 saturated carbocycles. The molecule has 1 aromatic heterocycles. The van der Waals surface area contributed by atoms with Crippen molar-refractivity contribution in [2.75, 3.05) is 5.43 Å². The number of hydrogen-bond acceptors (Lipinski definition) is 6. The number of nitrogens with zero attached hydrogens (tertiary/aromatic N) is 2. The fraction of sp³-hybridized carbons (Fsp3) is 0. The number of phenolic OH excluding ortho intramolecular Hbond substituents is 2. The number of nitrogens with one attached hydrogen (secondary N) is 2. The van der Waals surface area contributed by atoms with Crippen molar-refractivity contribution < 1.29 is 10.2 Å². The Balaban J connectivity index is 2.27. The topological polar surface area (TPSA) is 111 Å². The van der Waals surface area contributed by atoms with E-state index in [4.69, 9.17) is 34.8 Å². The number of hydrazone groups is 1. The molecule has 7 nitrogen and oxygen atoms in total. The van der Waals surface area contributed by atoms with Crippen molar-refractivity contribution in [1.82, 2.24) is 10.2 Å². The first-order valence-corrected chi connectivity index (χ1v) is 6.47. The van der Waals surface area contributed by atoms with Crippen LogP contribution in [-0.2, 0) is 0 Å². The number of hydrogen-bond donors (Lipinski definition) is 4. The van der Waals surface area contributed by atoms with Gasteiger partial charge in [-0.25, -0.2) is 5.10 Å². The van der Waals surface area contributed by atoms with E-state index in [-0.39, 0.29) is 32.1 Å². The Hall–Kier alpha value is -1.96. The highest BCUT2D eigenvalue weighted by Gasteiger charge is 2.13. The zero-order chi connectivity index (χ0) is 15.6. The molecule has 2 aromatic rings. The molecule has 0 aliphatic rings. The summed E-state index contributed by atoms with van der Waals surface area (Å²) in [4.78, 5) is 11.2. The molecule has 0 aliphatic carbocycles. The number of H-pyrrole nitrogens is 1. The first-order chi connectivity index (χ1) is 9.91. The van der Waals surface area contributed by atoms with Gasteiger partial charge in [-0.3, -0.25) is 10.2 Å². The Morgan fingerprint density at radius 1 is 1.24 bits per heavy atom. The molecule has 0 saturated heterocycles. The van der Waals surface area contributed by atoms with Gasteiger partial charge < -0.3 is 10.2 Å². The fourth-order valence-corrected chi connectivity index (χ4v) is 1.95. The van der Waals surface area contributed by atoms with E-state index >= 15 is 0 Å². The molecule has 21 heavy (non-hydrogen) atoms. The average Bonchev–Trinajstić information content (AvgIpc) is 2.46. The zero-order valence-electron chi connectivity index (χ0n) is 10.1. The number of aromatic amines is 1. The monoisotopic (exact) mass is 348 g/mol. The number of aromatic nitrogens is 2. The van der Waals surface area contributed by atoms with Crippen LogP contribution < -0.4 is 11.0 Å². The summed E-state index contributed by atoms with van der Waals surface area (Å²) in [7, 11) is 0. The molecule has 0 fully saturated rings. The Bertz CT molecular complexity index is 776. The Morgan fingerprint density at radius 2 is 1.95 bits per heavy atom. The van der Waals surface area contributed by atoms with Crippen molar-refractivity contribution >= 4 is 46.7 Å². The van der Waals surface area contributed by atoms with Crippen LogP contribution in [0.2, 0.25) is 15.1 Å². The molecule has 0 aliphatic heterocycles. The van der Waals surface area contributed by atoms with Crippen LogP contribution >= 0.6 is 34.8 Å². The third-order valence-corrected chi connectivity index (χ3v) is 3.40. The molecule has 0 amide bonds. The summed E-state index contributed by atoms with van der Waals surface area (Å²) in [5.74, 6) is -0.818. The molecule has 110 valence electrons. The molecule has 1 aromatic carbocycles. The van der Waals surface area contributed by atoms with Crippen molar-refractivity contribution in [2.24, 2.45) is 5.10 Å². The zero-order valence-corrected chi connectivity index (χ0v) is 12.3. The van der Waals surface area contributed by atoms with Crippen LogP contribution in [0.4, 0.5) is 5.69 Å². The number of aromatic hydroxyl groups is 2. The lowest BCUT2D eigenvalue weighted by atomic mass is 10.2. The van der Waals surface area contributed by atoms with Gasteiger partial charge >= 0.3 is 0 Å². The lowest BCUT2D eigenvalue weighted by molar-refractivity contribution is 0.450. The van der Waals surface area contributed by atoms with Crippen LogP contribution in [0.3, 0.4) is 0 Å². The van der Waals surface area contributed by atoms with E-state index < -0.39 is 11.3 Å². The Labute approximate surface area is 132 Å². The molecule has 1 heterocycles. The normalized spacial score (nSPS) is 11.0. The fourth-order valence-electron chi connectivity index (χ4n) is 1.35. The number of benzene rings is 1. The summed E-state index contributed by atoms with van der Waals surface area (Å²) in [6.45, 7) is 0. The highest BCUT2D eigenvalue weighted by Crippen LogP contribution is 2.40. The van der Waals surface area contributed by atoms with Crippen LogP contribution in [0.1, 0.15) is 5.56 Å². The number of rotatable bonds is 3. The maximum absolute atomic E-state index is 11.2. The van der Waals surface area contributed by atoms with Gasteiger partial charge in [0.1, 0.15) is 21.5 Å². The van der Waals surface area contributed by atoms with Gasteiger partial charge in [0, 0.05) is 5.56 Å². The van der Waals surface area contributed by atoms with E-state index in [0.29, 0.717) is 0 Å². The van der Waals surface area contributed by atoms with E-state index in [1.165, 1.54) is 18.5 Å². The van der Waals surface area contributed by atoms with Crippen LogP contribution in [-0.4, -0.2) is 26.6 Å². The van der Waals surface area contributed by atoms with Gasteiger partial charge in [-0.15, -0.1) is 0 Å². The summed E-state index contributed by atoms with van der Waals surface area (Å²) in [6.07, 6.45) is 2.45. The van der Waals surface area contributed by atoms with E-state index in [1.54, 1.807) is 0 Å². The number of halogens is 3. The SMILES string of the molecule is O=c1[nH]ncc(N/N=C\c2cc(Cl)c(O)c(Cl)c2O)c1Cl. The van der Waals surface area contributed by atoms with E-state index in [0.717, 1.165) is 0 Å². The molecular weight excluding hydrogens is 343 g/mol. The van der Waals surface area contributed by atoms with Crippen molar-refractivity contribution in [2.45, 2.75) is 0 Å². The van der Waals surface area contributed by atoms with E-state index in [1.807, 2.05) is 0 Å². The third-order valence-electron chi connectivity index (χ3n) is 2.38. The molecule has 0 atom stereocenters. The van der Waals surface area contributed by atoms with Crippen molar-refractivity contribution in [3.8, 4) is 11.5 Å². The minimum atomic E-state index is -0.574. The van der Waals surface area contributed by atoms with Gasteiger partial charge in [-0.1, -0.05) is 34.8 Å². The van der Waals surface area contributed by atoms with Gasteiger partial charge in [0.2, 0.25) is 0 Å². The quantitative estimate of drug-likeness (QED) is 0.503. The van der Waals surface area contributed by atoms with Crippen molar-refractivity contribution in [1.29, 1.82) is 0 Å². The highest BCUT2D eigenvalue weighted by atomic mass is 35.5. The summed E-state index contributed by atoms with van der Waals surface area (Å²) in [5.41, 5.74) is 2.23. The van der Waals surface area contributed by atoms with Gasteiger partial charge in [0.25, 0.3) is 5.56 Å². The third kappa shape index (κ3) is 3.21. The first kappa shape index (κ1) is 15.4. The molecule has 0 radical (unpaired) electrons. The standard InChI is InChI=1S/C11H7Cl3N4O3/c12-5-1-4(9(19)8(14)10(5)20)2-15-17-6-3-16-18-11(21)7(6)13/h1-3,19-20H,(H2,17,18,21)/b15-2-. The first-order valence-electron chi connectivity index (χ1n) is 5.34. The maximum Gasteiger partial charge on any atom is 0.285 e. The summed E-state index contributed by atoms with van der Waals surface area (Å²) in [6, 6.07) is 1.26. The maximum atomic E-state index is 11.2.